The molecule has 1 saturated heterocycles. The molecule has 2 aliphatic heterocycles. The number of rotatable bonds is 8. The number of fused-ring (bicyclic) bond motifs is 2. The number of alkyl halides is 3. The Hall–Kier alpha value is -3.80. The van der Waals surface area contributed by atoms with E-state index in [4.69, 9.17) is 19.3 Å². The van der Waals surface area contributed by atoms with Crippen molar-refractivity contribution in [3.05, 3.63) is 75.6 Å². The van der Waals surface area contributed by atoms with Crippen LogP contribution in [0.25, 0.3) is 11.1 Å². The normalized spacial score (nSPS) is 20.6. The zero-order chi connectivity index (χ0) is 33.0. The van der Waals surface area contributed by atoms with Gasteiger partial charge >= 0.3 is 12.1 Å². The number of hydrogen-bond acceptors (Lipinski definition) is 6. The summed E-state index contributed by atoms with van der Waals surface area (Å²) >= 11 is 0. The minimum atomic E-state index is -4.94. The highest BCUT2D eigenvalue weighted by Crippen LogP contribution is 2.48. The van der Waals surface area contributed by atoms with Crippen LogP contribution < -0.4 is 14.2 Å². The molecular formula is C34H34F4O7S. The van der Waals surface area contributed by atoms with Crippen molar-refractivity contribution >= 4 is 15.8 Å². The SMILES string of the molecule is Cc1cc(OCC2CCS(=O)(=O)CC2)cc(C)c1-c1cc(C(F)(F)F)c(F)c2c1CC[C@H]2Oc1ccc2c(c1)OCC2CC(=O)O. The molecular weight excluding hydrogens is 628 g/mol. The lowest BCUT2D eigenvalue weighted by Crippen LogP contribution is -2.26. The van der Waals surface area contributed by atoms with Crippen LogP contribution >= 0.6 is 0 Å². The maximum absolute atomic E-state index is 15.8. The molecule has 3 aromatic rings. The van der Waals surface area contributed by atoms with Crippen LogP contribution in [0.3, 0.4) is 0 Å². The second-order valence-corrected chi connectivity index (χ2v) is 14.8. The molecule has 6 rings (SSSR count). The summed E-state index contributed by atoms with van der Waals surface area (Å²) in [6, 6.07) is 9.24. The van der Waals surface area contributed by atoms with Crippen LogP contribution in [0.2, 0.25) is 0 Å². The second-order valence-electron chi connectivity index (χ2n) is 12.5. The van der Waals surface area contributed by atoms with E-state index in [1.807, 2.05) is 0 Å². The number of ether oxygens (including phenoxy) is 3. The standard InChI is InChI=1S/C34H34F4O7S/c1-18-11-23(43-16-20-7-9-46(41,42)10-8-20)12-19(2)31(18)26-15-27(34(36,37)38)33(35)32-25(26)5-6-28(32)45-22-3-4-24-21(13-30(39)40)17-44-29(24)14-22/h3-4,11-12,14-15,20-21,28H,5-10,13,16-17H2,1-2H3,(H,39,40)/t21?,28-/m1/s1. The quantitative estimate of drug-likeness (QED) is 0.252. The molecule has 0 aromatic heterocycles. The average molecular weight is 663 g/mol. The smallest absolute Gasteiger partial charge is 0.419 e. The Morgan fingerprint density at radius 3 is 2.37 bits per heavy atom. The Labute approximate surface area is 264 Å². The second kappa shape index (κ2) is 12.1. The van der Waals surface area contributed by atoms with Gasteiger partial charge in [-0.1, -0.05) is 6.07 Å². The Morgan fingerprint density at radius 1 is 1.02 bits per heavy atom. The molecule has 12 heteroatoms. The molecule has 2 heterocycles. The Kier molecular flexibility index (Phi) is 8.45. The van der Waals surface area contributed by atoms with Crippen molar-refractivity contribution in [1.82, 2.24) is 0 Å². The Balaban J connectivity index is 1.30. The Morgan fingerprint density at radius 2 is 1.72 bits per heavy atom. The largest absolute Gasteiger partial charge is 0.493 e. The number of carboxylic acids is 1. The lowest BCUT2D eigenvalue weighted by Gasteiger charge is -2.23. The number of aryl methyl sites for hydroxylation is 2. The highest BCUT2D eigenvalue weighted by atomic mass is 32.2. The van der Waals surface area contributed by atoms with Gasteiger partial charge in [0.05, 0.1) is 36.7 Å². The van der Waals surface area contributed by atoms with Crippen LogP contribution in [-0.2, 0) is 27.2 Å². The van der Waals surface area contributed by atoms with Crippen molar-refractivity contribution in [2.24, 2.45) is 5.92 Å². The van der Waals surface area contributed by atoms with E-state index in [9.17, 15) is 26.4 Å². The first-order chi connectivity index (χ1) is 21.7. The zero-order valence-corrected chi connectivity index (χ0v) is 26.2. The van der Waals surface area contributed by atoms with Gasteiger partial charge in [-0.2, -0.15) is 13.2 Å². The molecule has 3 aromatic carbocycles. The Bertz CT molecular complexity index is 1760. The molecule has 1 fully saturated rings. The maximum atomic E-state index is 15.8. The summed E-state index contributed by atoms with van der Waals surface area (Å²) in [7, 11) is -3.00. The van der Waals surface area contributed by atoms with E-state index in [1.54, 1.807) is 44.2 Å². The number of carbonyl (C=O) groups is 1. The van der Waals surface area contributed by atoms with Crippen LogP contribution in [-0.4, -0.2) is 44.2 Å². The van der Waals surface area contributed by atoms with Gasteiger partial charge in [0.25, 0.3) is 0 Å². The fraction of sp³-hybridized carbons (Fsp3) is 0.441. The van der Waals surface area contributed by atoms with Gasteiger partial charge in [-0.05, 0) is 97.5 Å². The minimum Gasteiger partial charge on any atom is -0.493 e. The van der Waals surface area contributed by atoms with Crippen molar-refractivity contribution in [1.29, 1.82) is 0 Å². The summed E-state index contributed by atoms with van der Waals surface area (Å²) in [5.41, 5.74) is 1.87. The molecule has 0 radical (unpaired) electrons. The van der Waals surface area contributed by atoms with E-state index in [0.717, 1.165) is 6.07 Å². The third kappa shape index (κ3) is 6.41. The monoisotopic (exact) mass is 662 g/mol. The van der Waals surface area contributed by atoms with Crippen LogP contribution in [0.5, 0.6) is 17.2 Å². The topological polar surface area (TPSA) is 99.1 Å². The summed E-state index contributed by atoms with van der Waals surface area (Å²) in [6.45, 7) is 4.08. The molecule has 0 saturated carbocycles. The first kappa shape index (κ1) is 32.2. The average Bonchev–Trinajstić information content (AvgIpc) is 3.56. The van der Waals surface area contributed by atoms with Crippen LogP contribution in [0.15, 0.2) is 36.4 Å². The number of aliphatic carboxylic acids is 1. The number of carboxylic acid groups (broad SMARTS) is 1. The molecule has 2 atom stereocenters. The van der Waals surface area contributed by atoms with E-state index < -0.39 is 39.5 Å². The van der Waals surface area contributed by atoms with E-state index in [2.05, 4.69) is 0 Å². The number of benzene rings is 3. The highest BCUT2D eigenvalue weighted by molar-refractivity contribution is 7.91. The van der Waals surface area contributed by atoms with Crippen molar-refractivity contribution in [3.63, 3.8) is 0 Å². The number of halogens is 4. The molecule has 7 nitrogen and oxygen atoms in total. The fourth-order valence-corrected chi connectivity index (χ4v) is 8.50. The molecule has 0 amide bonds. The molecule has 246 valence electrons. The number of hydrogen-bond donors (Lipinski definition) is 1. The predicted octanol–water partition coefficient (Wildman–Crippen LogP) is 7.35. The molecule has 0 spiro atoms. The van der Waals surface area contributed by atoms with E-state index in [1.165, 1.54) is 0 Å². The molecule has 46 heavy (non-hydrogen) atoms. The predicted molar refractivity (Wildman–Crippen MR) is 162 cm³/mol. The van der Waals surface area contributed by atoms with Gasteiger partial charge in [-0.15, -0.1) is 0 Å². The van der Waals surface area contributed by atoms with E-state index in [-0.39, 0.29) is 54.1 Å². The first-order valence-electron chi connectivity index (χ1n) is 15.2. The highest BCUT2D eigenvalue weighted by Gasteiger charge is 2.41. The van der Waals surface area contributed by atoms with E-state index >= 15 is 4.39 Å². The summed E-state index contributed by atoms with van der Waals surface area (Å²) in [5, 5.41) is 9.16. The molecule has 3 aliphatic rings. The van der Waals surface area contributed by atoms with Gasteiger partial charge in [0, 0.05) is 23.1 Å². The molecule has 1 aliphatic carbocycles. The minimum absolute atomic E-state index is 0.0962. The van der Waals surface area contributed by atoms with Crippen molar-refractivity contribution < 1.29 is 50.1 Å². The van der Waals surface area contributed by atoms with Gasteiger partial charge in [-0.25, -0.2) is 12.8 Å². The van der Waals surface area contributed by atoms with Crippen LogP contribution in [0, 0.1) is 25.6 Å². The maximum Gasteiger partial charge on any atom is 0.419 e. The van der Waals surface area contributed by atoms with Gasteiger partial charge in [0.1, 0.15) is 39.0 Å². The van der Waals surface area contributed by atoms with Gasteiger partial charge in [-0.3, -0.25) is 4.79 Å². The third-order valence-electron chi connectivity index (χ3n) is 9.20. The van der Waals surface area contributed by atoms with Crippen molar-refractivity contribution in [2.45, 2.75) is 64.1 Å². The third-order valence-corrected chi connectivity index (χ3v) is 10.9. The summed E-state index contributed by atoms with van der Waals surface area (Å²) < 4.78 is 99.7. The number of sulfone groups is 1. The zero-order valence-electron chi connectivity index (χ0n) is 25.4. The summed E-state index contributed by atoms with van der Waals surface area (Å²) in [4.78, 5) is 11.2. The van der Waals surface area contributed by atoms with Gasteiger partial charge < -0.3 is 19.3 Å². The van der Waals surface area contributed by atoms with Gasteiger partial charge in [0.15, 0.2) is 0 Å². The molecule has 0 bridgehead atoms. The lowest BCUT2D eigenvalue weighted by molar-refractivity contribution is -0.140. The molecule has 1 N–H and O–H groups in total. The summed E-state index contributed by atoms with van der Waals surface area (Å²) in [5.74, 6) is -1.00. The van der Waals surface area contributed by atoms with E-state index in [0.29, 0.717) is 70.7 Å². The fourth-order valence-electron chi connectivity index (χ4n) is 6.92. The first-order valence-corrected chi connectivity index (χ1v) is 17.0. The lowest BCUT2D eigenvalue weighted by atomic mass is 9.88. The summed E-state index contributed by atoms with van der Waals surface area (Å²) in [6.07, 6.45) is -4.42. The van der Waals surface area contributed by atoms with Crippen molar-refractivity contribution in [3.8, 4) is 28.4 Å². The van der Waals surface area contributed by atoms with Crippen LogP contribution in [0.1, 0.15) is 71.1 Å². The van der Waals surface area contributed by atoms with Crippen molar-refractivity contribution in [2.75, 3.05) is 24.7 Å². The van der Waals surface area contributed by atoms with Gasteiger partial charge in [0.2, 0.25) is 0 Å². The van der Waals surface area contributed by atoms with Crippen LogP contribution in [0.4, 0.5) is 17.6 Å². The molecule has 1 unspecified atom stereocenters.